The number of rotatable bonds is 3. The van der Waals surface area contributed by atoms with Gasteiger partial charge in [-0.1, -0.05) is 12.8 Å². The van der Waals surface area contributed by atoms with Crippen LogP contribution >= 0.6 is 0 Å². The van der Waals surface area contributed by atoms with Crippen molar-refractivity contribution in [2.45, 2.75) is 56.7 Å². The Bertz CT molecular complexity index is 408. The Labute approximate surface area is 124 Å². The van der Waals surface area contributed by atoms with Crippen LogP contribution in [0.25, 0.3) is 0 Å². The van der Waals surface area contributed by atoms with Crippen LogP contribution < -0.4 is 5.32 Å². The maximum absolute atomic E-state index is 12.6. The molecule has 0 bridgehead atoms. The highest BCUT2D eigenvalue weighted by atomic mass is 16.5. The van der Waals surface area contributed by atoms with E-state index in [2.05, 4.69) is 5.32 Å². The Kier molecular flexibility index (Phi) is 4.45. The third-order valence-corrected chi connectivity index (χ3v) is 5.07. The molecule has 118 valence electrons. The SMILES string of the molecule is O=C(O)C1CC2CCCCC2N1C(=O)CC1CNCCO1. The number of amides is 1. The van der Waals surface area contributed by atoms with E-state index < -0.39 is 12.0 Å². The molecule has 3 aliphatic rings. The molecule has 0 spiro atoms. The van der Waals surface area contributed by atoms with E-state index in [0.717, 1.165) is 32.2 Å². The van der Waals surface area contributed by atoms with Gasteiger partial charge < -0.3 is 20.1 Å². The van der Waals surface area contributed by atoms with Gasteiger partial charge >= 0.3 is 5.97 Å². The van der Waals surface area contributed by atoms with Crippen molar-refractivity contribution in [3.8, 4) is 0 Å². The molecule has 1 amide bonds. The molecule has 2 aliphatic heterocycles. The van der Waals surface area contributed by atoms with Crippen LogP contribution in [-0.4, -0.2) is 59.8 Å². The molecule has 4 atom stereocenters. The molecule has 3 fully saturated rings. The second kappa shape index (κ2) is 6.32. The average Bonchev–Trinajstić information content (AvgIpc) is 2.88. The lowest BCUT2D eigenvalue weighted by Crippen LogP contribution is -2.49. The number of aliphatic carboxylic acids is 1. The molecule has 0 aromatic rings. The smallest absolute Gasteiger partial charge is 0.326 e. The van der Waals surface area contributed by atoms with E-state index in [1.165, 1.54) is 0 Å². The van der Waals surface area contributed by atoms with Crippen LogP contribution in [0.15, 0.2) is 0 Å². The largest absolute Gasteiger partial charge is 0.480 e. The Morgan fingerprint density at radius 2 is 2.10 bits per heavy atom. The summed E-state index contributed by atoms with van der Waals surface area (Å²) in [5.41, 5.74) is 0. The van der Waals surface area contributed by atoms with Gasteiger partial charge in [-0.05, 0) is 25.2 Å². The zero-order valence-corrected chi connectivity index (χ0v) is 12.3. The molecule has 6 heteroatoms. The number of hydrogen-bond donors (Lipinski definition) is 2. The van der Waals surface area contributed by atoms with Gasteiger partial charge in [-0.2, -0.15) is 0 Å². The number of fused-ring (bicyclic) bond motifs is 1. The number of carboxylic acids is 1. The van der Waals surface area contributed by atoms with Gasteiger partial charge in [0.1, 0.15) is 6.04 Å². The topological polar surface area (TPSA) is 78.9 Å². The van der Waals surface area contributed by atoms with Crippen LogP contribution in [-0.2, 0) is 14.3 Å². The van der Waals surface area contributed by atoms with Crippen LogP contribution in [0.5, 0.6) is 0 Å². The summed E-state index contributed by atoms with van der Waals surface area (Å²) in [5, 5.41) is 12.7. The summed E-state index contributed by atoms with van der Waals surface area (Å²) in [5.74, 6) is -0.542. The number of nitrogens with zero attached hydrogens (tertiary/aromatic N) is 1. The van der Waals surface area contributed by atoms with E-state index in [9.17, 15) is 14.7 Å². The normalized spacial score (nSPS) is 36.3. The number of hydrogen-bond acceptors (Lipinski definition) is 4. The molecular formula is C15H24N2O4. The van der Waals surface area contributed by atoms with Gasteiger partial charge in [-0.3, -0.25) is 4.79 Å². The highest BCUT2D eigenvalue weighted by molar-refractivity contribution is 5.85. The van der Waals surface area contributed by atoms with Crippen molar-refractivity contribution in [2.75, 3.05) is 19.7 Å². The molecule has 6 nitrogen and oxygen atoms in total. The molecular weight excluding hydrogens is 272 g/mol. The van der Waals surface area contributed by atoms with Crippen molar-refractivity contribution < 1.29 is 19.4 Å². The van der Waals surface area contributed by atoms with E-state index in [-0.39, 0.29) is 18.1 Å². The van der Waals surface area contributed by atoms with Gasteiger partial charge in [-0.25, -0.2) is 4.79 Å². The zero-order valence-electron chi connectivity index (χ0n) is 12.3. The first-order chi connectivity index (χ1) is 10.2. The molecule has 2 heterocycles. The number of nitrogens with one attached hydrogen (secondary N) is 1. The maximum atomic E-state index is 12.6. The maximum Gasteiger partial charge on any atom is 0.326 e. The molecule has 4 unspecified atom stereocenters. The molecule has 0 aromatic carbocycles. The number of carbonyl (C=O) groups excluding carboxylic acids is 1. The van der Waals surface area contributed by atoms with Crippen molar-refractivity contribution in [1.82, 2.24) is 10.2 Å². The lowest BCUT2D eigenvalue weighted by Gasteiger charge is -2.34. The van der Waals surface area contributed by atoms with Crippen LogP contribution in [0.1, 0.15) is 38.5 Å². The standard InChI is InChI=1S/C15H24N2O4/c18-14(8-11-9-16-5-6-21-11)17-12-4-2-1-3-10(12)7-13(17)15(19)20/h10-13,16H,1-9H2,(H,19,20). The van der Waals surface area contributed by atoms with Crippen LogP contribution in [0, 0.1) is 5.92 Å². The summed E-state index contributed by atoms with van der Waals surface area (Å²) in [6, 6.07) is -0.508. The fourth-order valence-electron chi connectivity index (χ4n) is 4.09. The number of morpholine rings is 1. The highest BCUT2D eigenvalue weighted by Gasteiger charge is 2.47. The van der Waals surface area contributed by atoms with Crippen LogP contribution in [0.3, 0.4) is 0 Å². The fourth-order valence-corrected chi connectivity index (χ4v) is 4.09. The lowest BCUT2D eigenvalue weighted by atomic mass is 9.84. The molecule has 1 aliphatic carbocycles. The van der Waals surface area contributed by atoms with Gasteiger partial charge in [0.2, 0.25) is 5.91 Å². The third kappa shape index (κ3) is 3.06. The molecule has 0 radical (unpaired) electrons. The van der Waals surface area contributed by atoms with Crippen LogP contribution in [0.4, 0.5) is 0 Å². The molecule has 3 rings (SSSR count). The first kappa shape index (κ1) is 14.8. The monoisotopic (exact) mass is 296 g/mol. The Hall–Kier alpha value is -1.14. The Morgan fingerprint density at radius 3 is 2.81 bits per heavy atom. The Morgan fingerprint density at radius 1 is 1.29 bits per heavy atom. The minimum atomic E-state index is -0.861. The first-order valence-electron chi connectivity index (χ1n) is 8.03. The quantitative estimate of drug-likeness (QED) is 0.798. The van der Waals surface area contributed by atoms with E-state index in [0.29, 0.717) is 31.9 Å². The fraction of sp³-hybridized carbons (Fsp3) is 0.867. The van der Waals surface area contributed by atoms with Crippen molar-refractivity contribution >= 4 is 11.9 Å². The van der Waals surface area contributed by atoms with Gasteiger partial charge in [0, 0.05) is 19.1 Å². The number of carbonyl (C=O) groups is 2. The molecule has 2 saturated heterocycles. The number of carboxylic acid groups (broad SMARTS) is 1. The highest BCUT2D eigenvalue weighted by Crippen LogP contribution is 2.40. The minimum Gasteiger partial charge on any atom is -0.480 e. The summed E-state index contributed by atoms with van der Waals surface area (Å²) in [7, 11) is 0. The molecule has 2 N–H and O–H groups in total. The first-order valence-corrected chi connectivity index (χ1v) is 8.03. The van der Waals surface area contributed by atoms with Gasteiger partial charge in [0.15, 0.2) is 0 Å². The van der Waals surface area contributed by atoms with Gasteiger partial charge in [0.05, 0.1) is 19.1 Å². The van der Waals surface area contributed by atoms with Crippen molar-refractivity contribution in [1.29, 1.82) is 0 Å². The number of ether oxygens (including phenoxy) is 1. The lowest BCUT2D eigenvalue weighted by molar-refractivity contribution is -0.151. The number of likely N-dealkylation sites (tertiary alicyclic amines) is 1. The summed E-state index contributed by atoms with van der Waals surface area (Å²) in [6.45, 7) is 2.11. The van der Waals surface area contributed by atoms with E-state index in [1.807, 2.05) is 0 Å². The predicted molar refractivity (Wildman–Crippen MR) is 75.9 cm³/mol. The summed E-state index contributed by atoms with van der Waals surface area (Å²) >= 11 is 0. The van der Waals surface area contributed by atoms with Crippen molar-refractivity contribution in [2.24, 2.45) is 5.92 Å². The van der Waals surface area contributed by atoms with E-state index >= 15 is 0 Å². The van der Waals surface area contributed by atoms with E-state index in [4.69, 9.17) is 4.74 Å². The zero-order chi connectivity index (χ0) is 14.8. The molecule has 21 heavy (non-hydrogen) atoms. The van der Waals surface area contributed by atoms with Crippen LogP contribution in [0.2, 0.25) is 0 Å². The van der Waals surface area contributed by atoms with Crippen molar-refractivity contribution in [3.63, 3.8) is 0 Å². The van der Waals surface area contributed by atoms with Crippen molar-refractivity contribution in [3.05, 3.63) is 0 Å². The van der Waals surface area contributed by atoms with Gasteiger partial charge in [0.25, 0.3) is 0 Å². The summed E-state index contributed by atoms with van der Waals surface area (Å²) < 4.78 is 5.58. The minimum absolute atomic E-state index is 0.0505. The second-order valence-electron chi connectivity index (χ2n) is 6.40. The third-order valence-electron chi connectivity index (χ3n) is 5.07. The van der Waals surface area contributed by atoms with E-state index in [1.54, 1.807) is 4.90 Å². The van der Waals surface area contributed by atoms with Gasteiger partial charge in [-0.15, -0.1) is 0 Å². The predicted octanol–water partition coefficient (Wildman–Crippen LogP) is 0.609. The molecule has 1 saturated carbocycles. The summed E-state index contributed by atoms with van der Waals surface area (Å²) in [4.78, 5) is 25.8. The second-order valence-corrected chi connectivity index (χ2v) is 6.40. The molecule has 0 aromatic heterocycles. The summed E-state index contributed by atoms with van der Waals surface area (Å²) in [6.07, 6.45) is 5.05. The average molecular weight is 296 g/mol. The Balaban J connectivity index is 1.69.